The molecule has 4 rings (SSSR count). The smallest absolute Gasteiger partial charge is 0.227 e. The van der Waals surface area contributed by atoms with Gasteiger partial charge in [0.15, 0.2) is 5.78 Å². The molecule has 1 amide bonds. The predicted octanol–water partition coefficient (Wildman–Crippen LogP) is 3.27. The molecular weight excluding hydrogens is 412 g/mol. The number of amides is 1. The van der Waals surface area contributed by atoms with Crippen LogP contribution in [0.5, 0.6) is 0 Å². The summed E-state index contributed by atoms with van der Waals surface area (Å²) >= 11 is 1.47. The zero-order chi connectivity index (χ0) is 21.6. The lowest BCUT2D eigenvalue weighted by molar-refractivity contribution is -0.134. The number of nitrogens with zero attached hydrogens (tertiary/aromatic N) is 2. The highest BCUT2D eigenvalue weighted by Gasteiger charge is 2.27. The minimum absolute atomic E-state index is 0.0259. The second kappa shape index (κ2) is 10.3. The second-order valence-electron chi connectivity index (χ2n) is 8.33. The molecule has 1 saturated carbocycles. The number of aromatic nitrogens is 1. The average Bonchev–Trinajstić information content (AvgIpc) is 3.49. The number of thiazole rings is 1. The lowest BCUT2D eigenvalue weighted by Crippen LogP contribution is -2.41. The summed E-state index contributed by atoms with van der Waals surface area (Å²) in [5.41, 5.74) is 2.21. The molecule has 2 aromatic rings. The molecule has 7 heteroatoms. The third-order valence-corrected chi connectivity index (χ3v) is 6.88. The van der Waals surface area contributed by atoms with Gasteiger partial charge in [0.05, 0.1) is 31.1 Å². The molecule has 2 aliphatic rings. The lowest BCUT2D eigenvalue weighted by atomic mass is 9.89. The van der Waals surface area contributed by atoms with E-state index in [4.69, 9.17) is 4.74 Å². The summed E-state index contributed by atoms with van der Waals surface area (Å²) in [4.78, 5) is 44.6. The zero-order valence-electron chi connectivity index (χ0n) is 17.7. The van der Waals surface area contributed by atoms with Crippen LogP contribution in [-0.2, 0) is 33.6 Å². The van der Waals surface area contributed by atoms with Crippen LogP contribution in [0, 0.1) is 5.92 Å². The largest absolute Gasteiger partial charge is 0.378 e. The van der Waals surface area contributed by atoms with Crippen molar-refractivity contribution in [1.82, 2.24) is 9.88 Å². The summed E-state index contributed by atoms with van der Waals surface area (Å²) in [6, 6.07) is 5.60. The van der Waals surface area contributed by atoms with Gasteiger partial charge >= 0.3 is 0 Å². The van der Waals surface area contributed by atoms with Crippen molar-refractivity contribution < 1.29 is 19.1 Å². The summed E-state index contributed by atoms with van der Waals surface area (Å²) < 4.78 is 5.32. The molecule has 0 unspecified atom stereocenters. The number of carbonyl (C=O) groups is 3. The Bertz CT molecular complexity index is 929. The maximum Gasteiger partial charge on any atom is 0.227 e. The van der Waals surface area contributed by atoms with E-state index in [1.54, 1.807) is 6.20 Å². The van der Waals surface area contributed by atoms with E-state index in [1.165, 1.54) is 11.3 Å². The fraction of sp³-hybridized carbons (Fsp3) is 0.500. The van der Waals surface area contributed by atoms with Crippen molar-refractivity contribution in [3.8, 4) is 0 Å². The van der Waals surface area contributed by atoms with Gasteiger partial charge < -0.3 is 9.64 Å². The van der Waals surface area contributed by atoms with Crippen molar-refractivity contribution in [2.45, 2.75) is 44.9 Å². The molecular formula is C24H28N2O4S. The number of carbonyl (C=O) groups excluding carboxylic acids is 3. The lowest BCUT2D eigenvalue weighted by Gasteiger charge is -2.27. The van der Waals surface area contributed by atoms with Crippen LogP contribution in [0.25, 0.3) is 0 Å². The Balaban J connectivity index is 1.52. The third kappa shape index (κ3) is 5.66. The van der Waals surface area contributed by atoms with Crippen molar-refractivity contribution in [2.24, 2.45) is 5.92 Å². The van der Waals surface area contributed by atoms with Gasteiger partial charge in [-0.05, 0) is 30.0 Å². The fourth-order valence-electron chi connectivity index (χ4n) is 4.41. The van der Waals surface area contributed by atoms with Gasteiger partial charge in [-0.15, -0.1) is 11.3 Å². The number of ketones is 2. The first-order chi connectivity index (χ1) is 15.1. The normalized spacial score (nSPS) is 17.1. The van der Waals surface area contributed by atoms with E-state index in [1.807, 2.05) is 28.5 Å². The summed E-state index contributed by atoms with van der Waals surface area (Å²) in [5.74, 6) is 0.246. The quantitative estimate of drug-likeness (QED) is 0.589. The van der Waals surface area contributed by atoms with E-state index >= 15 is 0 Å². The van der Waals surface area contributed by atoms with E-state index in [0.717, 1.165) is 41.8 Å². The van der Waals surface area contributed by atoms with Crippen LogP contribution in [0.3, 0.4) is 0 Å². The zero-order valence-corrected chi connectivity index (χ0v) is 18.5. The maximum atomic E-state index is 13.3. The monoisotopic (exact) mass is 440 g/mol. The van der Waals surface area contributed by atoms with Crippen LogP contribution in [0.4, 0.5) is 0 Å². The van der Waals surface area contributed by atoms with Crippen LogP contribution in [0.2, 0.25) is 0 Å². The van der Waals surface area contributed by atoms with Gasteiger partial charge in [0.2, 0.25) is 5.91 Å². The Hall–Kier alpha value is -2.38. The maximum absolute atomic E-state index is 13.3. The summed E-state index contributed by atoms with van der Waals surface area (Å²) in [6.07, 6.45) is 6.41. The summed E-state index contributed by atoms with van der Waals surface area (Å²) in [7, 11) is 0. The molecule has 0 spiro atoms. The van der Waals surface area contributed by atoms with Gasteiger partial charge in [-0.1, -0.05) is 25.0 Å². The predicted molar refractivity (Wildman–Crippen MR) is 118 cm³/mol. The van der Waals surface area contributed by atoms with Gasteiger partial charge in [-0.25, -0.2) is 4.98 Å². The Morgan fingerprint density at radius 3 is 2.55 bits per heavy atom. The minimum atomic E-state index is 0.0259. The molecule has 1 aromatic heterocycles. The number of Topliss-reactive ketones (excluding diaryl/α,β-unsaturated/α-hetero) is 2. The highest BCUT2D eigenvalue weighted by Crippen LogP contribution is 2.30. The number of rotatable bonds is 8. The molecule has 1 aliphatic carbocycles. The first-order valence-corrected chi connectivity index (χ1v) is 11.9. The van der Waals surface area contributed by atoms with Crippen molar-refractivity contribution in [2.75, 3.05) is 26.3 Å². The average molecular weight is 441 g/mol. The molecule has 6 nitrogen and oxygen atoms in total. The van der Waals surface area contributed by atoms with Crippen molar-refractivity contribution in [3.63, 3.8) is 0 Å². The Morgan fingerprint density at radius 2 is 1.84 bits per heavy atom. The van der Waals surface area contributed by atoms with E-state index in [2.05, 4.69) is 4.98 Å². The molecule has 0 N–H and O–H groups in total. The van der Waals surface area contributed by atoms with Gasteiger partial charge in [-0.3, -0.25) is 14.4 Å². The van der Waals surface area contributed by atoms with Gasteiger partial charge in [0, 0.05) is 42.6 Å². The molecule has 0 bridgehead atoms. The van der Waals surface area contributed by atoms with Crippen LogP contribution in [0.15, 0.2) is 29.8 Å². The first kappa shape index (κ1) is 21.8. The Labute approximate surface area is 186 Å². The highest BCUT2D eigenvalue weighted by atomic mass is 32.1. The number of hydrogen-bond acceptors (Lipinski definition) is 6. The SMILES string of the molecule is O=C(Cc1nccs1)Cc1ccc(CC(=O)N2CCOCC2)cc1C(=O)C1CCCC1. The van der Waals surface area contributed by atoms with Crippen LogP contribution in [0.1, 0.15) is 52.2 Å². The van der Waals surface area contributed by atoms with Crippen molar-refractivity contribution >= 4 is 28.8 Å². The van der Waals surface area contributed by atoms with Crippen molar-refractivity contribution in [1.29, 1.82) is 0 Å². The molecule has 2 fully saturated rings. The number of morpholine rings is 1. The van der Waals surface area contributed by atoms with Crippen LogP contribution in [-0.4, -0.2) is 53.7 Å². The number of ether oxygens (including phenoxy) is 1. The third-order valence-electron chi connectivity index (χ3n) is 6.10. The van der Waals surface area contributed by atoms with E-state index in [-0.39, 0.29) is 42.7 Å². The van der Waals surface area contributed by atoms with Gasteiger partial charge in [-0.2, -0.15) is 0 Å². The highest BCUT2D eigenvalue weighted by molar-refractivity contribution is 7.09. The number of benzene rings is 1. The van der Waals surface area contributed by atoms with Crippen LogP contribution >= 0.6 is 11.3 Å². The van der Waals surface area contributed by atoms with Gasteiger partial charge in [0.1, 0.15) is 5.78 Å². The van der Waals surface area contributed by atoms with E-state index in [0.29, 0.717) is 31.9 Å². The number of hydrogen-bond donors (Lipinski definition) is 0. The minimum Gasteiger partial charge on any atom is -0.378 e. The first-order valence-electron chi connectivity index (χ1n) is 11.0. The molecule has 2 heterocycles. The Kier molecular flexibility index (Phi) is 7.25. The molecule has 31 heavy (non-hydrogen) atoms. The summed E-state index contributed by atoms with van der Waals surface area (Å²) in [5, 5.41) is 2.65. The van der Waals surface area contributed by atoms with E-state index < -0.39 is 0 Å². The molecule has 0 atom stereocenters. The van der Waals surface area contributed by atoms with Crippen LogP contribution < -0.4 is 0 Å². The fourth-order valence-corrected chi connectivity index (χ4v) is 5.05. The molecule has 1 aromatic carbocycles. The molecule has 164 valence electrons. The van der Waals surface area contributed by atoms with E-state index in [9.17, 15) is 14.4 Å². The molecule has 1 aliphatic heterocycles. The molecule has 1 saturated heterocycles. The Morgan fingerprint density at radius 1 is 1.06 bits per heavy atom. The standard InChI is InChI=1S/C24H28N2O4S/c27-20(16-22-25-7-12-31-22)15-19-6-5-17(14-23(28)26-8-10-30-11-9-26)13-21(19)24(29)18-3-1-2-4-18/h5-7,12-13,18H,1-4,8-11,14-16H2. The van der Waals surface area contributed by atoms with Crippen molar-refractivity contribution in [3.05, 3.63) is 51.5 Å². The van der Waals surface area contributed by atoms with Gasteiger partial charge in [0.25, 0.3) is 0 Å². The summed E-state index contributed by atoms with van der Waals surface area (Å²) in [6.45, 7) is 2.35. The second-order valence-corrected chi connectivity index (χ2v) is 9.30. The molecule has 0 radical (unpaired) electrons. The topological polar surface area (TPSA) is 76.6 Å².